The average molecular weight is 667 g/mol. The number of nitrogens with two attached hydrogens (primary N) is 1. The smallest absolute Gasteiger partial charge is 0.384 e. The summed E-state index contributed by atoms with van der Waals surface area (Å²) in [7, 11) is 1.34. The molecule has 4 aromatic rings. The Morgan fingerprint density at radius 2 is 1.71 bits per heavy atom. The van der Waals surface area contributed by atoms with Gasteiger partial charge in [0, 0.05) is 44.8 Å². The summed E-state index contributed by atoms with van der Waals surface area (Å²) >= 11 is 0. The normalized spacial score (nSPS) is 13.7. The van der Waals surface area contributed by atoms with E-state index in [-0.39, 0.29) is 77.4 Å². The number of amides is 2. The fourth-order valence-corrected chi connectivity index (χ4v) is 6.09. The predicted octanol–water partition coefficient (Wildman–Crippen LogP) is 4.52. The van der Waals surface area contributed by atoms with E-state index in [4.69, 9.17) is 5.73 Å². The van der Waals surface area contributed by atoms with Gasteiger partial charge in [-0.1, -0.05) is 20.4 Å². The molecule has 252 valence electrons. The van der Waals surface area contributed by atoms with Crippen LogP contribution in [0.4, 0.5) is 29.1 Å². The molecule has 1 fully saturated rings. The lowest BCUT2D eigenvalue weighted by atomic mass is 10.0. The van der Waals surface area contributed by atoms with Crippen LogP contribution in [0.25, 0.3) is 28.1 Å². The van der Waals surface area contributed by atoms with E-state index in [0.717, 1.165) is 16.7 Å². The number of nitrogen functional groups attached to an aromatic ring is 1. The fourth-order valence-electron chi connectivity index (χ4n) is 6.09. The first-order chi connectivity index (χ1) is 22.6. The molecule has 0 bridgehead atoms. The number of rotatable bonds is 6. The van der Waals surface area contributed by atoms with Crippen molar-refractivity contribution >= 4 is 34.4 Å². The van der Waals surface area contributed by atoms with E-state index in [2.05, 4.69) is 26.8 Å². The van der Waals surface area contributed by atoms with Crippen molar-refractivity contribution in [3.05, 3.63) is 81.2 Å². The second-order valence-corrected chi connectivity index (χ2v) is 11.8. The van der Waals surface area contributed by atoms with Crippen molar-refractivity contribution in [3.63, 3.8) is 0 Å². The zero-order chi connectivity index (χ0) is 35.2. The van der Waals surface area contributed by atoms with Crippen LogP contribution in [0.3, 0.4) is 0 Å². The highest BCUT2D eigenvalue weighted by Crippen LogP contribution is 2.41. The number of piperazine rings is 1. The third-order valence-corrected chi connectivity index (χ3v) is 8.28. The van der Waals surface area contributed by atoms with Gasteiger partial charge in [-0.15, -0.1) is 0 Å². The molecule has 2 amide bonds. The number of anilines is 2. The number of pyridine rings is 4. The number of carbonyl (C=O) groups is 2. The van der Waals surface area contributed by atoms with Gasteiger partial charge in [-0.2, -0.15) is 13.2 Å². The Hall–Kier alpha value is -5.34. The van der Waals surface area contributed by atoms with Gasteiger partial charge in [0.2, 0.25) is 5.91 Å². The minimum Gasteiger partial charge on any atom is -0.384 e. The molecule has 0 aliphatic carbocycles. The fraction of sp³-hybridized carbons (Fsp3) is 0.333. The van der Waals surface area contributed by atoms with Crippen LogP contribution in [0.2, 0.25) is 0 Å². The molecule has 1 saturated heterocycles. The van der Waals surface area contributed by atoms with E-state index in [1.165, 1.54) is 24.9 Å². The maximum Gasteiger partial charge on any atom is 0.418 e. The molecule has 15 heteroatoms. The van der Waals surface area contributed by atoms with Crippen molar-refractivity contribution < 1.29 is 27.2 Å². The molecule has 0 atom stereocenters. The number of aryl methyl sites for hydroxylation is 2. The largest absolute Gasteiger partial charge is 0.418 e. The Morgan fingerprint density at radius 1 is 1.04 bits per heavy atom. The Morgan fingerprint density at radius 3 is 2.29 bits per heavy atom. The molecule has 11 nitrogen and oxygen atoms in total. The van der Waals surface area contributed by atoms with E-state index in [9.17, 15) is 27.6 Å². The van der Waals surface area contributed by atoms with Gasteiger partial charge in [0.15, 0.2) is 11.5 Å². The maximum absolute atomic E-state index is 16.3. The number of nitrogens with zero attached hydrogens (tertiary/aromatic N) is 6. The van der Waals surface area contributed by atoms with Crippen molar-refractivity contribution in [1.29, 1.82) is 0 Å². The second-order valence-electron chi connectivity index (χ2n) is 11.8. The Labute approximate surface area is 273 Å². The topological polar surface area (TPSA) is 139 Å². The maximum atomic E-state index is 16.3. The summed E-state index contributed by atoms with van der Waals surface area (Å²) in [5.41, 5.74) is 2.52. The first kappa shape index (κ1) is 34.0. The molecule has 0 saturated carbocycles. The molecule has 5 rings (SSSR count). The Kier molecular flexibility index (Phi) is 8.99. The quantitative estimate of drug-likeness (QED) is 0.226. The highest BCUT2D eigenvalue weighted by molar-refractivity contribution is 6.07. The summed E-state index contributed by atoms with van der Waals surface area (Å²) in [5.74, 6) is -2.82. The molecule has 0 unspecified atom stereocenters. The van der Waals surface area contributed by atoms with Crippen molar-refractivity contribution in [2.45, 2.75) is 39.8 Å². The zero-order valence-corrected chi connectivity index (χ0v) is 27.0. The van der Waals surface area contributed by atoms with Crippen molar-refractivity contribution in [3.8, 4) is 17.1 Å². The lowest BCUT2D eigenvalue weighted by molar-refractivity contribution is -0.137. The van der Waals surface area contributed by atoms with Crippen molar-refractivity contribution in [2.24, 2.45) is 0 Å². The lowest BCUT2D eigenvalue weighted by Gasteiger charge is -2.37. The summed E-state index contributed by atoms with van der Waals surface area (Å²) in [6.07, 6.45) is -2.23. The standard InChI is InChI=1S/C33H34F4N8O3/c1-7-22(46)43-10-12-44(13-11-43)29-19-15-20(34)26(27-24(33(35,36)37)18(5)14-21(38)41-27)42-30(19)45(32(48)23(29)31(47)39-6)28-17(4)8-9-40-25(28)16(2)3/h7-9,14-16H,1,10-13H2,2-6H3,(H2,38,41)(H,39,47). The summed E-state index contributed by atoms with van der Waals surface area (Å²) in [6.45, 7) is 10.7. The van der Waals surface area contributed by atoms with E-state index in [1.807, 2.05) is 13.8 Å². The van der Waals surface area contributed by atoms with Crippen LogP contribution in [0.15, 0.2) is 41.8 Å². The third kappa shape index (κ3) is 5.84. The number of alkyl halides is 3. The molecule has 0 aromatic carbocycles. The number of carbonyl (C=O) groups excluding carboxylic acids is 2. The highest BCUT2D eigenvalue weighted by Gasteiger charge is 2.39. The first-order valence-electron chi connectivity index (χ1n) is 15.1. The third-order valence-electron chi connectivity index (χ3n) is 8.28. The van der Waals surface area contributed by atoms with Crippen molar-refractivity contribution in [2.75, 3.05) is 43.9 Å². The molecular formula is C33H34F4N8O3. The molecule has 1 aliphatic rings. The van der Waals surface area contributed by atoms with E-state index >= 15 is 4.39 Å². The molecule has 1 aliphatic heterocycles. The summed E-state index contributed by atoms with van der Waals surface area (Å²) < 4.78 is 60.6. The number of nitrogens with one attached hydrogen (secondary N) is 1. The van der Waals surface area contributed by atoms with Gasteiger partial charge in [-0.3, -0.25) is 23.9 Å². The van der Waals surface area contributed by atoms with Gasteiger partial charge in [-0.25, -0.2) is 14.4 Å². The Bertz CT molecular complexity index is 2030. The lowest BCUT2D eigenvalue weighted by Crippen LogP contribution is -2.49. The number of hydrogen-bond acceptors (Lipinski definition) is 8. The molecular weight excluding hydrogens is 632 g/mol. The summed E-state index contributed by atoms with van der Waals surface area (Å²) in [5, 5.41) is 2.46. The number of aromatic nitrogens is 4. The molecule has 5 heterocycles. The van der Waals surface area contributed by atoms with Crippen molar-refractivity contribution in [1.82, 2.24) is 29.7 Å². The second kappa shape index (κ2) is 12.7. The summed E-state index contributed by atoms with van der Waals surface area (Å²) in [4.78, 5) is 56.5. The molecule has 4 aromatic heterocycles. The minimum atomic E-state index is -4.95. The average Bonchev–Trinajstić information content (AvgIpc) is 3.02. The van der Waals surface area contributed by atoms with E-state index < -0.39 is 40.4 Å². The highest BCUT2D eigenvalue weighted by atomic mass is 19.4. The van der Waals surface area contributed by atoms with Crippen LogP contribution >= 0.6 is 0 Å². The first-order valence-corrected chi connectivity index (χ1v) is 15.1. The molecule has 0 radical (unpaired) electrons. The molecule has 48 heavy (non-hydrogen) atoms. The minimum absolute atomic E-state index is 0.0228. The Balaban J connectivity index is 1.97. The van der Waals surface area contributed by atoms with Gasteiger partial charge in [0.25, 0.3) is 11.5 Å². The number of hydrogen-bond donors (Lipinski definition) is 2. The predicted molar refractivity (Wildman–Crippen MR) is 174 cm³/mol. The number of halogens is 4. The monoisotopic (exact) mass is 666 g/mol. The van der Waals surface area contributed by atoms with Crippen LogP contribution in [-0.2, 0) is 11.0 Å². The van der Waals surface area contributed by atoms with E-state index in [1.54, 1.807) is 24.1 Å². The summed E-state index contributed by atoms with van der Waals surface area (Å²) in [6, 6.07) is 3.62. The van der Waals surface area contributed by atoms with Gasteiger partial charge < -0.3 is 20.9 Å². The van der Waals surface area contributed by atoms with Gasteiger partial charge in [-0.05, 0) is 55.2 Å². The SMILES string of the molecule is C=CC(=O)N1CCN(c2c(C(=O)NC)c(=O)n(-c3c(C)ccnc3C(C)C)c3nc(-c4nc(N)cc(C)c4C(F)(F)F)c(F)cc23)CC1. The van der Waals surface area contributed by atoms with Crippen LogP contribution < -0.4 is 21.5 Å². The zero-order valence-electron chi connectivity index (χ0n) is 27.0. The van der Waals surface area contributed by atoms with Gasteiger partial charge >= 0.3 is 6.18 Å². The molecule has 0 spiro atoms. The van der Waals surface area contributed by atoms with Crippen LogP contribution in [0.5, 0.6) is 0 Å². The van der Waals surface area contributed by atoms with E-state index in [0.29, 0.717) is 11.3 Å². The van der Waals surface area contributed by atoms with Crippen LogP contribution in [0, 0.1) is 19.7 Å². The van der Waals surface area contributed by atoms with Crippen LogP contribution in [-0.4, -0.2) is 69.5 Å². The van der Waals surface area contributed by atoms with Gasteiger partial charge in [0.1, 0.15) is 22.8 Å². The van der Waals surface area contributed by atoms with Crippen LogP contribution in [0.1, 0.15) is 52.5 Å². The number of fused-ring (bicyclic) bond motifs is 1. The van der Waals surface area contributed by atoms with Gasteiger partial charge in [0.05, 0.1) is 22.6 Å². The molecule has 3 N–H and O–H groups in total.